The minimum Gasteiger partial charge on any atom is -0.404 e. The maximum atomic E-state index is 13.8. The average Bonchev–Trinajstić information content (AvgIpc) is 3.17. The lowest BCUT2D eigenvalue weighted by Crippen LogP contribution is -2.78. The zero-order valence-corrected chi connectivity index (χ0v) is 27.8. The number of fused-ring (bicyclic) bond motifs is 1. The van der Waals surface area contributed by atoms with E-state index in [1.54, 1.807) is 37.3 Å². The molecule has 13 N–H and O–H groups in total. The van der Waals surface area contributed by atoms with Crippen LogP contribution in [0.15, 0.2) is 59.5 Å². The molecule has 2 fully saturated rings. The molecule has 0 bridgehead atoms. The highest BCUT2D eigenvalue weighted by Crippen LogP contribution is 2.61. The highest BCUT2D eigenvalue weighted by atomic mass is 32.2. The Morgan fingerprint density at radius 2 is 1.50 bits per heavy atom. The smallest absolute Gasteiger partial charge is 0.404 e. The number of aliphatic hydroxyl groups is 10. The molecule has 50 heavy (non-hydrogen) atoms. The van der Waals surface area contributed by atoms with E-state index in [-0.39, 0.29) is 23.6 Å². The number of rotatable bonds is 13. The van der Waals surface area contributed by atoms with Crippen LogP contribution in [0.2, 0.25) is 0 Å². The average molecular weight is 736 g/mol. The number of carbonyl (C=O) groups excluding carboxylic acids is 1. The molecule has 2 aliphatic rings. The maximum absolute atomic E-state index is 13.8. The Balaban J connectivity index is 1.73. The number of sulfonamides is 1. The van der Waals surface area contributed by atoms with E-state index in [1.165, 1.54) is 38.1 Å². The summed E-state index contributed by atoms with van der Waals surface area (Å²) in [7, 11) is -4.40. The Bertz CT molecular complexity index is 1640. The molecule has 20 nitrogen and oxygen atoms in total. The number of amides is 1. The van der Waals surface area contributed by atoms with Gasteiger partial charge in [-0.3, -0.25) is 9.47 Å². The summed E-state index contributed by atoms with van der Waals surface area (Å²) < 4.78 is 47.4. The largest absolute Gasteiger partial charge is 0.410 e. The second kappa shape index (κ2) is 13.1. The third-order valence-corrected chi connectivity index (χ3v) is 9.87. The molecule has 5 unspecified atom stereocenters. The van der Waals surface area contributed by atoms with Gasteiger partial charge in [0, 0.05) is 25.4 Å². The number of benzene rings is 2. The second-order valence-electron chi connectivity index (χ2n) is 12.5. The quantitative estimate of drug-likeness (QED) is 0.0686. The van der Waals surface area contributed by atoms with Crippen molar-refractivity contribution >= 4 is 21.8 Å². The molecule has 0 radical (unpaired) electrons. The summed E-state index contributed by atoms with van der Waals surface area (Å²) in [5.74, 6) is -22.3. The number of hydrogen-bond donors (Lipinski definition) is 12. The van der Waals surface area contributed by atoms with Gasteiger partial charge in [0.1, 0.15) is 0 Å². The van der Waals surface area contributed by atoms with E-state index in [1.807, 2.05) is 0 Å². The first-order chi connectivity index (χ1) is 22.8. The predicted molar refractivity (Wildman–Crippen MR) is 163 cm³/mol. The van der Waals surface area contributed by atoms with Crippen LogP contribution in [0.1, 0.15) is 26.3 Å². The number of nitrogens with zero attached hydrogens (tertiary/aromatic N) is 1. The van der Waals surface area contributed by atoms with E-state index >= 15 is 0 Å². The van der Waals surface area contributed by atoms with Gasteiger partial charge < -0.3 is 71.6 Å². The number of ether oxygens (including phenoxy) is 4. The van der Waals surface area contributed by atoms with Crippen LogP contribution < -0.4 is 11.1 Å². The van der Waals surface area contributed by atoms with Gasteiger partial charge >= 0.3 is 29.8 Å². The molecule has 5 atom stereocenters. The molecule has 2 aromatic rings. The van der Waals surface area contributed by atoms with Crippen LogP contribution in [0.3, 0.4) is 0 Å². The van der Waals surface area contributed by atoms with E-state index in [0.717, 1.165) is 4.31 Å². The SMILES string of the molecule is CCOC(CN(CC(C)(C)O)S(=O)(=O)c1ccc(N)cc1)C(Cc1ccccc1)NC(=O)OC1(O)C(O)(O)OC2(O)OC(O)(O)C(O)(O)C21O. The monoisotopic (exact) mass is 735 g/mol. The van der Waals surface area contributed by atoms with Crippen molar-refractivity contribution in [1.29, 1.82) is 0 Å². The number of carbonyl (C=O) groups is 1. The summed E-state index contributed by atoms with van der Waals surface area (Å²) in [6, 6.07) is 11.9. The molecule has 2 aliphatic heterocycles. The molecule has 0 saturated carbocycles. The third kappa shape index (κ3) is 6.79. The third-order valence-electron chi connectivity index (χ3n) is 8.05. The zero-order chi connectivity index (χ0) is 37.8. The van der Waals surface area contributed by atoms with Gasteiger partial charge in [0.05, 0.1) is 22.6 Å². The van der Waals surface area contributed by atoms with Gasteiger partial charge in [0.2, 0.25) is 10.0 Å². The Kier molecular flexibility index (Phi) is 10.4. The maximum Gasteiger partial charge on any atom is 0.410 e. The first kappa shape index (κ1) is 39.7. The van der Waals surface area contributed by atoms with Crippen molar-refractivity contribution in [3.63, 3.8) is 0 Å². The van der Waals surface area contributed by atoms with E-state index in [2.05, 4.69) is 19.5 Å². The molecular weight excluding hydrogens is 694 g/mol. The topological polar surface area (TPSA) is 332 Å². The van der Waals surface area contributed by atoms with E-state index < -0.39 is 82.0 Å². The summed E-state index contributed by atoms with van der Waals surface area (Å²) in [4.78, 5) is 13.2. The van der Waals surface area contributed by atoms with Crippen LogP contribution in [-0.4, -0.2) is 142 Å². The summed E-state index contributed by atoms with van der Waals surface area (Å²) in [5, 5.41) is 107. The van der Waals surface area contributed by atoms with Crippen molar-refractivity contribution in [2.24, 2.45) is 0 Å². The number of hydrogen-bond acceptors (Lipinski definition) is 18. The Morgan fingerprint density at radius 1 is 0.940 bits per heavy atom. The van der Waals surface area contributed by atoms with Crippen LogP contribution in [0.25, 0.3) is 0 Å². The molecule has 4 rings (SSSR count). The normalized spacial score (nSPS) is 28.2. The van der Waals surface area contributed by atoms with E-state index in [4.69, 9.17) is 10.5 Å². The fourth-order valence-electron chi connectivity index (χ4n) is 5.61. The first-order valence-electron chi connectivity index (χ1n) is 14.9. The van der Waals surface area contributed by atoms with Crippen LogP contribution in [0.5, 0.6) is 0 Å². The first-order valence-corrected chi connectivity index (χ1v) is 16.4. The van der Waals surface area contributed by atoms with Crippen molar-refractivity contribution < 1.29 is 83.2 Å². The molecular formula is C29H41N3O17S. The fourth-order valence-corrected chi connectivity index (χ4v) is 7.22. The van der Waals surface area contributed by atoms with Gasteiger partial charge in [-0.2, -0.15) is 4.31 Å². The van der Waals surface area contributed by atoms with Gasteiger partial charge in [-0.05, 0) is 57.0 Å². The van der Waals surface area contributed by atoms with Crippen molar-refractivity contribution in [3.05, 3.63) is 60.2 Å². The molecule has 280 valence electrons. The van der Waals surface area contributed by atoms with Crippen LogP contribution in [-0.2, 0) is 35.4 Å². The Morgan fingerprint density at radius 3 is 2.04 bits per heavy atom. The fraction of sp³-hybridized carbons (Fsp3) is 0.552. The molecule has 2 aromatic carbocycles. The summed E-state index contributed by atoms with van der Waals surface area (Å²) >= 11 is 0. The van der Waals surface area contributed by atoms with Crippen molar-refractivity contribution in [1.82, 2.24) is 9.62 Å². The van der Waals surface area contributed by atoms with Crippen molar-refractivity contribution in [2.75, 3.05) is 25.4 Å². The van der Waals surface area contributed by atoms with Gasteiger partial charge in [-0.15, -0.1) is 0 Å². The molecule has 1 amide bonds. The standard InChI is InChI=1S/C29H41N3O17S/c1-4-46-21(15-32(16-23(2,3)34)50(44,45)19-12-10-18(30)11-13-19)20(14-17-8-6-5-7-9-17)31-22(33)47-26(38)24(35)25(36,37)27(39,40)48-29(24,43)49-28(26,41)42/h5-13,20-21,34-43H,4,14-16,30H2,1-3H3,(H,31,33). The minimum atomic E-state index is -4.66. The lowest BCUT2D eigenvalue weighted by Gasteiger charge is -2.43. The highest BCUT2D eigenvalue weighted by Gasteiger charge is 2.98. The van der Waals surface area contributed by atoms with Gasteiger partial charge in [0.25, 0.3) is 11.4 Å². The summed E-state index contributed by atoms with van der Waals surface area (Å²) in [6.07, 6.45) is -3.45. The minimum absolute atomic E-state index is 0.0874. The Labute approximate surface area is 285 Å². The predicted octanol–water partition coefficient (Wildman–Crippen LogP) is -4.14. The zero-order valence-electron chi connectivity index (χ0n) is 26.9. The van der Waals surface area contributed by atoms with Crippen LogP contribution in [0.4, 0.5) is 10.5 Å². The number of nitrogens with one attached hydrogen (secondary N) is 1. The lowest BCUT2D eigenvalue weighted by atomic mass is 9.83. The molecule has 21 heteroatoms. The summed E-state index contributed by atoms with van der Waals surface area (Å²) in [6.45, 7) is 3.09. The van der Waals surface area contributed by atoms with E-state index in [0.29, 0.717) is 5.56 Å². The lowest BCUT2D eigenvalue weighted by molar-refractivity contribution is -0.530. The van der Waals surface area contributed by atoms with Gasteiger partial charge in [-0.25, -0.2) is 13.2 Å². The van der Waals surface area contributed by atoms with Gasteiger partial charge in [-0.1, -0.05) is 30.3 Å². The highest BCUT2D eigenvalue weighted by molar-refractivity contribution is 7.89. The second-order valence-corrected chi connectivity index (χ2v) is 14.5. The molecule has 0 aliphatic carbocycles. The number of nitrogen functional groups attached to an aromatic ring is 1. The molecule has 2 saturated heterocycles. The Hall–Kier alpha value is -3.10. The number of nitrogens with two attached hydrogens (primary N) is 1. The van der Waals surface area contributed by atoms with Crippen LogP contribution >= 0.6 is 0 Å². The van der Waals surface area contributed by atoms with Crippen molar-refractivity contribution in [3.8, 4) is 0 Å². The molecule has 0 aromatic heterocycles. The van der Waals surface area contributed by atoms with Gasteiger partial charge in [0.15, 0.2) is 0 Å². The number of alkyl carbamates (subject to hydrolysis) is 1. The molecule has 2 heterocycles. The van der Waals surface area contributed by atoms with Crippen molar-refractivity contribution in [2.45, 2.75) is 84.9 Å². The number of anilines is 1. The summed E-state index contributed by atoms with van der Waals surface area (Å²) in [5.41, 5.74) is 0.307. The molecule has 0 spiro atoms. The van der Waals surface area contributed by atoms with E-state index in [9.17, 15) is 64.3 Å². The van der Waals surface area contributed by atoms with Crippen LogP contribution in [0, 0.1) is 0 Å².